The van der Waals surface area contributed by atoms with Gasteiger partial charge >= 0.3 is 0 Å². The number of hydrogen-bond donors (Lipinski definition) is 1. The average Bonchev–Trinajstić information content (AvgIpc) is 3.10. The Hall–Kier alpha value is -1.62. The Labute approximate surface area is 103 Å². The fourth-order valence-corrected chi connectivity index (χ4v) is 1.64. The third kappa shape index (κ3) is 2.94. The highest BCUT2D eigenvalue weighted by Crippen LogP contribution is 2.28. The first-order chi connectivity index (χ1) is 8.08. The maximum atomic E-state index is 11.7. The molecule has 0 heterocycles. The Morgan fingerprint density at radius 1 is 1.53 bits per heavy atom. The molecule has 0 aliphatic heterocycles. The molecule has 1 N–H and O–H groups in total. The summed E-state index contributed by atoms with van der Waals surface area (Å²) in [4.78, 5) is 21.8. The minimum absolute atomic E-state index is 0.0359. The minimum atomic E-state index is -0.597. The summed E-state index contributed by atoms with van der Waals surface area (Å²) in [5, 5.41) is 13.4. The maximum absolute atomic E-state index is 11.7. The molecular formula is C11H11ClN2O3. The van der Waals surface area contributed by atoms with Gasteiger partial charge in [0.2, 0.25) is 0 Å². The van der Waals surface area contributed by atoms with Gasteiger partial charge < -0.3 is 5.32 Å². The molecule has 6 heteroatoms. The van der Waals surface area contributed by atoms with E-state index in [1.807, 2.05) is 0 Å². The van der Waals surface area contributed by atoms with Gasteiger partial charge in [0.15, 0.2) is 0 Å². The number of rotatable bonds is 4. The lowest BCUT2D eigenvalue weighted by Gasteiger charge is -2.04. The van der Waals surface area contributed by atoms with E-state index in [2.05, 4.69) is 5.32 Å². The molecule has 0 atom stereocenters. The van der Waals surface area contributed by atoms with Gasteiger partial charge in [-0.3, -0.25) is 14.9 Å². The van der Waals surface area contributed by atoms with E-state index in [-0.39, 0.29) is 22.2 Å². The number of carbonyl (C=O) groups is 1. The standard InChI is InChI=1S/C11H11ClN2O3/c12-9-4-3-8(5-10(9)14(16)17)11(15)13-6-7-1-2-7/h3-5,7H,1-2,6H2,(H,13,15). The van der Waals surface area contributed by atoms with Crippen LogP contribution in [-0.4, -0.2) is 17.4 Å². The van der Waals surface area contributed by atoms with E-state index in [4.69, 9.17) is 11.6 Å². The van der Waals surface area contributed by atoms with Crippen LogP contribution in [0.4, 0.5) is 5.69 Å². The monoisotopic (exact) mass is 254 g/mol. The molecular weight excluding hydrogens is 244 g/mol. The number of hydrogen-bond acceptors (Lipinski definition) is 3. The zero-order chi connectivity index (χ0) is 12.4. The van der Waals surface area contributed by atoms with Crippen LogP contribution in [0.1, 0.15) is 23.2 Å². The number of benzene rings is 1. The summed E-state index contributed by atoms with van der Waals surface area (Å²) in [6.07, 6.45) is 2.28. The van der Waals surface area contributed by atoms with Crippen LogP contribution in [0.3, 0.4) is 0 Å². The maximum Gasteiger partial charge on any atom is 0.288 e. The van der Waals surface area contributed by atoms with Gasteiger partial charge in [0.25, 0.3) is 11.6 Å². The number of amides is 1. The quantitative estimate of drug-likeness (QED) is 0.662. The normalized spacial score (nSPS) is 14.4. The Bertz CT molecular complexity index is 472. The van der Waals surface area contributed by atoms with Crippen molar-refractivity contribution < 1.29 is 9.72 Å². The molecule has 0 saturated heterocycles. The van der Waals surface area contributed by atoms with Crippen LogP contribution in [0.2, 0.25) is 5.02 Å². The molecule has 17 heavy (non-hydrogen) atoms. The number of carbonyl (C=O) groups excluding carboxylic acids is 1. The lowest BCUT2D eigenvalue weighted by molar-refractivity contribution is -0.384. The Morgan fingerprint density at radius 3 is 2.82 bits per heavy atom. The van der Waals surface area contributed by atoms with Gasteiger partial charge in [-0.15, -0.1) is 0 Å². The first kappa shape index (κ1) is 11.9. The van der Waals surface area contributed by atoms with E-state index >= 15 is 0 Å². The molecule has 0 radical (unpaired) electrons. The Balaban J connectivity index is 2.11. The molecule has 0 aromatic heterocycles. The zero-order valence-electron chi connectivity index (χ0n) is 8.98. The highest BCUT2D eigenvalue weighted by atomic mass is 35.5. The van der Waals surface area contributed by atoms with Crippen LogP contribution < -0.4 is 5.32 Å². The lowest BCUT2D eigenvalue weighted by atomic mass is 10.2. The summed E-state index contributed by atoms with van der Waals surface area (Å²) >= 11 is 5.66. The molecule has 2 rings (SSSR count). The van der Waals surface area contributed by atoms with Crippen LogP contribution in [0.25, 0.3) is 0 Å². The Morgan fingerprint density at radius 2 is 2.24 bits per heavy atom. The second-order valence-electron chi connectivity index (χ2n) is 4.08. The van der Waals surface area contributed by atoms with Gasteiger partial charge in [0.1, 0.15) is 5.02 Å². The molecule has 1 saturated carbocycles. The van der Waals surface area contributed by atoms with E-state index in [0.717, 1.165) is 12.8 Å². The molecule has 5 nitrogen and oxygen atoms in total. The van der Waals surface area contributed by atoms with Crippen LogP contribution >= 0.6 is 11.6 Å². The summed E-state index contributed by atoms with van der Waals surface area (Å²) in [6.45, 7) is 0.634. The number of nitrogens with zero attached hydrogens (tertiary/aromatic N) is 1. The molecule has 0 bridgehead atoms. The number of nitro benzene ring substituents is 1. The van der Waals surface area contributed by atoms with E-state index < -0.39 is 4.92 Å². The zero-order valence-corrected chi connectivity index (χ0v) is 9.74. The van der Waals surface area contributed by atoms with Crippen molar-refractivity contribution in [3.8, 4) is 0 Å². The van der Waals surface area contributed by atoms with Gasteiger partial charge in [-0.2, -0.15) is 0 Å². The molecule has 0 spiro atoms. The topological polar surface area (TPSA) is 72.2 Å². The fourth-order valence-electron chi connectivity index (χ4n) is 1.45. The molecule has 1 aromatic rings. The molecule has 1 aliphatic carbocycles. The molecule has 90 valence electrons. The average molecular weight is 255 g/mol. The summed E-state index contributed by atoms with van der Waals surface area (Å²) in [7, 11) is 0. The van der Waals surface area contributed by atoms with Crippen LogP contribution in [0, 0.1) is 16.0 Å². The van der Waals surface area contributed by atoms with Crippen LogP contribution in [-0.2, 0) is 0 Å². The molecule has 1 amide bonds. The predicted molar refractivity (Wildman–Crippen MR) is 63.2 cm³/mol. The molecule has 1 aromatic carbocycles. The van der Waals surface area contributed by atoms with Gasteiger partial charge in [0.05, 0.1) is 4.92 Å². The first-order valence-electron chi connectivity index (χ1n) is 5.30. The molecule has 1 fully saturated rings. The number of halogens is 1. The Kier molecular flexibility index (Phi) is 3.28. The first-order valence-corrected chi connectivity index (χ1v) is 5.68. The van der Waals surface area contributed by atoms with Gasteiger partial charge in [0, 0.05) is 18.2 Å². The van der Waals surface area contributed by atoms with E-state index in [0.29, 0.717) is 12.5 Å². The van der Waals surface area contributed by atoms with E-state index in [1.165, 1.54) is 18.2 Å². The minimum Gasteiger partial charge on any atom is -0.352 e. The number of nitro groups is 1. The van der Waals surface area contributed by atoms with Gasteiger partial charge in [-0.25, -0.2) is 0 Å². The molecule has 0 unspecified atom stereocenters. The summed E-state index contributed by atoms with van der Waals surface area (Å²) < 4.78 is 0. The van der Waals surface area contributed by atoms with E-state index in [1.54, 1.807) is 0 Å². The second kappa shape index (κ2) is 4.71. The smallest absolute Gasteiger partial charge is 0.288 e. The summed E-state index contributed by atoms with van der Waals surface area (Å²) in [6, 6.07) is 4.05. The molecule has 1 aliphatic rings. The predicted octanol–water partition coefficient (Wildman–Crippen LogP) is 2.39. The summed E-state index contributed by atoms with van der Waals surface area (Å²) in [5.74, 6) is 0.276. The SMILES string of the molecule is O=C(NCC1CC1)c1ccc(Cl)c([N+](=O)[O-])c1. The van der Waals surface area contributed by atoms with E-state index in [9.17, 15) is 14.9 Å². The van der Waals surface area contributed by atoms with Crippen LogP contribution in [0.15, 0.2) is 18.2 Å². The lowest BCUT2D eigenvalue weighted by Crippen LogP contribution is -2.25. The third-order valence-electron chi connectivity index (χ3n) is 2.65. The highest BCUT2D eigenvalue weighted by molar-refractivity contribution is 6.32. The van der Waals surface area contributed by atoms with Crippen molar-refractivity contribution in [3.05, 3.63) is 38.9 Å². The largest absolute Gasteiger partial charge is 0.352 e. The van der Waals surface area contributed by atoms with Crippen molar-refractivity contribution >= 4 is 23.2 Å². The highest BCUT2D eigenvalue weighted by Gasteiger charge is 2.22. The van der Waals surface area contributed by atoms with Gasteiger partial charge in [-0.1, -0.05) is 11.6 Å². The second-order valence-corrected chi connectivity index (χ2v) is 4.48. The fraction of sp³-hybridized carbons (Fsp3) is 0.364. The van der Waals surface area contributed by atoms with Gasteiger partial charge in [-0.05, 0) is 30.9 Å². The summed E-state index contributed by atoms with van der Waals surface area (Å²) in [5.41, 5.74) is 0.0208. The number of nitrogens with one attached hydrogen (secondary N) is 1. The van der Waals surface area contributed by atoms with Crippen molar-refractivity contribution in [2.24, 2.45) is 5.92 Å². The van der Waals surface area contributed by atoms with Crippen molar-refractivity contribution in [2.75, 3.05) is 6.54 Å². The van der Waals surface area contributed by atoms with Crippen molar-refractivity contribution in [2.45, 2.75) is 12.8 Å². The van der Waals surface area contributed by atoms with Crippen molar-refractivity contribution in [1.29, 1.82) is 0 Å². The van der Waals surface area contributed by atoms with Crippen molar-refractivity contribution in [1.82, 2.24) is 5.32 Å². The third-order valence-corrected chi connectivity index (χ3v) is 2.97. The van der Waals surface area contributed by atoms with Crippen molar-refractivity contribution in [3.63, 3.8) is 0 Å². The van der Waals surface area contributed by atoms with Crippen LogP contribution in [0.5, 0.6) is 0 Å².